The quantitative estimate of drug-likeness (QED) is 0.380. The summed E-state index contributed by atoms with van der Waals surface area (Å²) in [7, 11) is 1.29. The molecule has 1 aliphatic rings. The van der Waals surface area contributed by atoms with Gasteiger partial charge in [0, 0.05) is 48.9 Å². The number of carbonyl (C=O) groups is 2. The molecule has 0 bridgehead atoms. The predicted octanol–water partition coefficient (Wildman–Crippen LogP) is 2.79. The van der Waals surface area contributed by atoms with Gasteiger partial charge < -0.3 is 18.9 Å². The molecular weight excluding hydrogens is 454 g/mol. The number of methoxy groups -OCH3 is 1. The molecule has 3 aromatic rings. The fourth-order valence-electron chi connectivity index (χ4n) is 3.82. The molecule has 0 fully saturated rings. The monoisotopic (exact) mass is 479 g/mol. The van der Waals surface area contributed by atoms with Gasteiger partial charge in [-0.2, -0.15) is 0 Å². The molecule has 4 rings (SSSR count). The number of ether oxygens (including phenoxy) is 2. The van der Waals surface area contributed by atoms with Crippen LogP contribution in [0.25, 0.3) is 0 Å². The summed E-state index contributed by atoms with van der Waals surface area (Å²) in [6, 6.07) is 16.5. The van der Waals surface area contributed by atoms with Crippen LogP contribution in [0, 0.1) is 0 Å². The van der Waals surface area contributed by atoms with Crippen LogP contribution < -0.4 is 10.3 Å². The number of thioether (sulfide) groups is 1. The van der Waals surface area contributed by atoms with Crippen LogP contribution in [-0.4, -0.2) is 52.3 Å². The summed E-state index contributed by atoms with van der Waals surface area (Å²) in [5, 5.41) is 0. The van der Waals surface area contributed by atoms with Gasteiger partial charge in [-0.15, -0.1) is 11.8 Å². The van der Waals surface area contributed by atoms with Gasteiger partial charge >= 0.3 is 5.97 Å². The van der Waals surface area contributed by atoms with E-state index in [0.29, 0.717) is 43.2 Å². The van der Waals surface area contributed by atoms with Crippen molar-refractivity contribution in [2.75, 3.05) is 26.0 Å². The number of aromatic nitrogens is 2. The summed E-state index contributed by atoms with van der Waals surface area (Å²) in [5.74, 6) is -0.134. The standard InChI is InChI=1S/C25H25N3O5S/c1-32-25(31)24-20-10-12-27(23(30)17-34-19-8-3-2-4-9-19)13-14-28(20)22(29)15-21(24)33-16-18-7-5-6-11-26-18/h2-9,11,15H,10,12-14,16-17H2,1H3. The lowest BCUT2D eigenvalue weighted by Gasteiger charge is -2.19. The van der Waals surface area contributed by atoms with E-state index in [4.69, 9.17) is 9.47 Å². The number of rotatable bonds is 7. The van der Waals surface area contributed by atoms with Gasteiger partial charge in [-0.1, -0.05) is 24.3 Å². The number of amides is 1. The minimum atomic E-state index is -0.584. The normalized spacial score (nSPS) is 13.0. The van der Waals surface area contributed by atoms with Crippen molar-refractivity contribution in [1.29, 1.82) is 0 Å². The smallest absolute Gasteiger partial charge is 0.343 e. The van der Waals surface area contributed by atoms with Crippen LogP contribution in [0.4, 0.5) is 0 Å². The Labute approximate surface area is 201 Å². The summed E-state index contributed by atoms with van der Waals surface area (Å²) < 4.78 is 12.4. The van der Waals surface area contributed by atoms with Crippen molar-refractivity contribution in [1.82, 2.24) is 14.5 Å². The first-order valence-corrected chi connectivity index (χ1v) is 11.9. The summed E-state index contributed by atoms with van der Waals surface area (Å²) in [5.41, 5.74) is 1.11. The highest BCUT2D eigenvalue weighted by atomic mass is 32.2. The van der Waals surface area contributed by atoms with Gasteiger partial charge in [0.2, 0.25) is 5.91 Å². The first-order chi connectivity index (χ1) is 16.6. The average Bonchev–Trinajstić information content (AvgIpc) is 3.10. The molecule has 0 saturated heterocycles. The number of benzene rings is 1. The van der Waals surface area contributed by atoms with Crippen molar-refractivity contribution in [3.8, 4) is 5.75 Å². The molecule has 176 valence electrons. The van der Waals surface area contributed by atoms with E-state index in [-0.39, 0.29) is 29.4 Å². The second-order valence-electron chi connectivity index (χ2n) is 7.65. The highest BCUT2D eigenvalue weighted by Crippen LogP contribution is 2.25. The van der Waals surface area contributed by atoms with Gasteiger partial charge in [-0.25, -0.2) is 4.79 Å². The van der Waals surface area contributed by atoms with E-state index in [0.717, 1.165) is 4.90 Å². The van der Waals surface area contributed by atoms with E-state index in [1.165, 1.54) is 29.5 Å². The average molecular weight is 480 g/mol. The molecule has 0 spiro atoms. The van der Waals surface area contributed by atoms with Crippen LogP contribution >= 0.6 is 11.8 Å². The van der Waals surface area contributed by atoms with E-state index < -0.39 is 5.97 Å². The first-order valence-electron chi connectivity index (χ1n) is 10.9. The lowest BCUT2D eigenvalue weighted by atomic mass is 10.1. The summed E-state index contributed by atoms with van der Waals surface area (Å²) in [6.45, 7) is 1.17. The zero-order valence-corrected chi connectivity index (χ0v) is 19.6. The third-order valence-corrected chi connectivity index (χ3v) is 6.54. The number of esters is 1. The zero-order chi connectivity index (χ0) is 23.9. The SMILES string of the molecule is COC(=O)c1c(OCc2ccccn2)cc(=O)n2c1CCN(C(=O)CSc1ccccc1)CC2. The van der Waals surface area contributed by atoms with Gasteiger partial charge in [0.25, 0.3) is 5.56 Å². The molecule has 0 unspecified atom stereocenters. The van der Waals surface area contributed by atoms with Gasteiger partial charge in [0.05, 0.1) is 18.6 Å². The van der Waals surface area contributed by atoms with Gasteiger partial charge in [-0.3, -0.25) is 14.6 Å². The van der Waals surface area contributed by atoms with Crippen LogP contribution in [0.5, 0.6) is 5.75 Å². The Morgan fingerprint density at radius 2 is 1.85 bits per heavy atom. The molecule has 9 heteroatoms. The van der Waals surface area contributed by atoms with Crippen molar-refractivity contribution >= 4 is 23.6 Å². The Morgan fingerprint density at radius 1 is 1.06 bits per heavy atom. The molecule has 0 radical (unpaired) electrons. The lowest BCUT2D eigenvalue weighted by molar-refractivity contribution is -0.128. The molecule has 3 heterocycles. The fourth-order valence-corrected chi connectivity index (χ4v) is 4.65. The van der Waals surface area contributed by atoms with Crippen molar-refractivity contribution in [3.05, 3.63) is 88.1 Å². The fraction of sp³-hybridized carbons (Fsp3) is 0.280. The maximum absolute atomic E-state index is 12.9. The minimum Gasteiger partial charge on any atom is -0.486 e. The molecule has 0 saturated carbocycles. The number of fused-ring (bicyclic) bond motifs is 1. The topological polar surface area (TPSA) is 90.7 Å². The zero-order valence-electron chi connectivity index (χ0n) is 18.8. The second kappa shape index (κ2) is 11.0. The van der Waals surface area contributed by atoms with Gasteiger partial charge in [-0.05, 0) is 24.3 Å². The highest BCUT2D eigenvalue weighted by Gasteiger charge is 2.27. The van der Waals surface area contributed by atoms with Gasteiger partial charge in [0.1, 0.15) is 17.9 Å². The maximum Gasteiger partial charge on any atom is 0.343 e. The molecule has 0 N–H and O–H groups in total. The molecule has 1 amide bonds. The van der Waals surface area contributed by atoms with E-state index >= 15 is 0 Å². The summed E-state index contributed by atoms with van der Waals surface area (Å²) >= 11 is 1.47. The van der Waals surface area contributed by atoms with Crippen molar-refractivity contribution in [3.63, 3.8) is 0 Å². The van der Waals surface area contributed by atoms with Crippen LogP contribution in [0.15, 0.2) is 70.5 Å². The number of carbonyl (C=O) groups excluding carboxylic acids is 2. The largest absolute Gasteiger partial charge is 0.486 e. The minimum absolute atomic E-state index is 0.0130. The predicted molar refractivity (Wildman–Crippen MR) is 128 cm³/mol. The Bertz CT molecular complexity index is 1210. The first kappa shape index (κ1) is 23.6. The van der Waals surface area contributed by atoms with Crippen molar-refractivity contribution in [2.45, 2.75) is 24.5 Å². The molecule has 0 atom stereocenters. The number of hydrogen-bond acceptors (Lipinski definition) is 7. The van der Waals surface area contributed by atoms with Crippen molar-refractivity contribution < 1.29 is 19.1 Å². The summed E-state index contributed by atoms with van der Waals surface area (Å²) in [6.07, 6.45) is 1.98. The molecule has 8 nitrogen and oxygen atoms in total. The number of pyridine rings is 2. The second-order valence-corrected chi connectivity index (χ2v) is 8.70. The maximum atomic E-state index is 12.9. The van der Waals surface area contributed by atoms with E-state index in [9.17, 15) is 14.4 Å². The Morgan fingerprint density at radius 3 is 2.59 bits per heavy atom. The molecular formula is C25H25N3O5S. The van der Waals surface area contributed by atoms with Crippen LogP contribution in [0.3, 0.4) is 0 Å². The molecule has 2 aromatic heterocycles. The lowest BCUT2D eigenvalue weighted by Crippen LogP contribution is -2.35. The summed E-state index contributed by atoms with van der Waals surface area (Å²) in [4.78, 5) is 45.4. The van der Waals surface area contributed by atoms with E-state index in [2.05, 4.69) is 4.98 Å². The Hall–Kier alpha value is -3.59. The van der Waals surface area contributed by atoms with E-state index in [1.807, 2.05) is 36.4 Å². The molecule has 34 heavy (non-hydrogen) atoms. The molecule has 0 aliphatic carbocycles. The van der Waals surface area contributed by atoms with Crippen LogP contribution in [0.2, 0.25) is 0 Å². The third kappa shape index (κ3) is 5.48. The van der Waals surface area contributed by atoms with Gasteiger partial charge in [0.15, 0.2) is 0 Å². The number of hydrogen-bond donors (Lipinski definition) is 0. The highest BCUT2D eigenvalue weighted by molar-refractivity contribution is 8.00. The third-order valence-electron chi connectivity index (χ3n) is 5.54. The Kier molecular flexibility index (Phi) is 7.64. The van der Waals surface area contributed by atoms with Crippen LogP contribution in [0.1, 0.15) is 21.7 Å². The number of nitrogens with zero attached hydrogens (tertiary/aromatic N) is 3. The van der Waals surface area contributed by atoms with Crippen molar-refractivity contribution in [2.24, 2.45) is 0 Å². The Balaban J connectivity index is 1.54. The van der Waals surface area contributed by atoms with E-state index in [1.54, 1.807) is 23.2 Å². The molecule has 1 aromatic carbocycles. The molecule has 1 aliphatic heterocycles. The van der Waals surface area contributed by atoms with Crippen LogP contribution in [-0.2, 0) is 29.1 Å².